The van der Waals surface area contributed by atoms with Crippen molar-refractivity contribution in [2.45, 2.75) is 51.7 Å². The number of fused-ring (bicyclic) bond motifs is 1. The van der Waals surface area contributed by atoms with Gasteiger partial charge in [0.1, 0.15) is 0 Å². The quantitative estimate of drug-likeness (QED) is 0.874. The minimum Gasteiger partial charge on any atom is -0.449 e. The maximum Gasteiger partial charge on any atom is 0.341 e. The van der Waals surface area contributed by atoms with Crippen LogP contribution in [0.25, 0.3) is 10.9 Å². The topological polar surface area (TPSA) is 62.4 Å². The number of likely N-dealkylation sites (tertiary alicyclic amines) is 1. The van der Waals surface area contributed by atoms with Crippen LogP contribution in [0.15, 0.2) is 30.5 Å². The van der Waals surface area contributed by atoms with E-state index >= 15 is 0 Å². The Morgan fingerprint density at radius 2 is 2.12 bits per heavy atom. The Kier molecular flexibility index (Phi) is 4.88. The smallest absolute Gasteiger partial charge is 0.341 e. The molecule has 1 aliphatic heterocycles. The van der Waals surface area contributed by atoms with E-state index in [9.17, 15) is 9.59 Å². The fourth-order valence-corrected chi connectivity index (χ4v) is 3.46. The summed E-state index contributed by atoms with van der Waals surface area (Å²) in [4.78, 5) is 30.1. The third-order valence-electron chi connectivity index (χ3n) is 4.82. The van der Waals surface area contributed by atoms with Crippen molar-refractivity contribution in [3.8, 4) is 0 Å². The Hall–Kier alpha value is -2.30. The van der Waals surface area contributed by atoms with Gasteiger partial charge in [-0.3, -0.25) is 4.79 Å². The lowest BCUT2D eigenvalue weighted by Crippen LogP contribution is -2.48. The third-order valence-corrected chi connectivity index (χ3v) is 4.82. The van der Waals surface area contributed by atoms with Crippen LogP contribution in [0.2, 0.25) is 0 Å². The van der Waals surface area contributed by atoms with Crippen molar-refractivity contribution in [3.63, 3.8) is 0 Å². The number of H-pyrrole nitrogens is 1. The van der Waals surface area contributed by atoms with Crippen LogP contribution < -0.4 is 0 Å². The summed E-state index contributed by atoms with van der Waals surface area (Å²) in [7, 11) is 0. The molecule has 5 nitrogen and oxygen atoms in total. The lowest BCUT2D eigenvalue weighted by Gasteiger charge is -2.36. The Labute approximate surface area is 142 Å². The molecule has 2 unspecified atom stereocenters. The average Bonchev–Trinajstić information content (AvgIpc) is 3.05. The van der Waals surface area contributed by atoms with Gasteiger partial charge in [0.25, 0.3) is 5.91 Å². The van der Waals surface area contributed by atoms with Crippen LogP contribution in [0.1, 0.15) is 49.9 Å². The molecule has 1 amide bonds. The first kappa shape index (κ1) is 16.6. The van der Waals surface area contributed by atoms with Crippen LogP contribution in [0.5, 0.6) is 0 Å². The molecule has 0 bridgehead atoms. The number of nitrogens with one attached hydrogen (secondary N) is 1. The third kappa shape index (κ3) is 3.16. The van der Waals surface area contributed by atoms with Gasteiger partial charge in [-0.25, -0.2) is 4.79 Å². The number of nitrogens with zero attached hydrogens (tertiary/aromatic N) is 1. The van der Waals surface area contributed by atoms with Crippen LogP contribution in [0.3, 0.4) is 0 Å². The summed E-state index contributed by atoms with van der Waals surface area (Å²) in [5.41, 5.74) is 1.35. The number of rotatable bonds is 4. The largest absolute Gasteiger partial charge is 0.449 e. The predicted octanol–water partition coefficient (Wildman–Crippen LogP) is 3.50. The normalized spacial score (nSPS) is 19.2. The molecule has 3 rings (SSSR count). The molecule has 1 aromatic carbocycles. The molecule has 2 aromatic rings. The van der Waals surface area contributed by atoms with Crippen LogP contribution in [0, 0.1) is 0 Å². The van der Waals surface area contributed by atoms with Crippen molar-refractivity contribution < 1.29 is 14.3 Å². The van der Waals surface area contributed by atoms with Gasteiger partial charge in [-0.05, 0) is 38.7 Å². The van der Waals surface area contributed by atoms with Crippen LogP contribution in [0.4, 0.5) is 0 Å². The molecule has 128 valence electrons. The predicted molar refractivity (Wildman–Crippen MR) is 92.8 cm³/mol. The van der Waals surface area contributed by atoms with Crippen molar-refractivity contribution in [3.05, 3.63) is 36.0 Å². The zero-order valence-corrected chi connectivity index (χ0v) is 14.2. The highest BCUT2D eigenvalue weighted by molar-refractivity contribution is 6.04. The first-order valence-corrected chi connectivity index (χ1v) is 8.69. The number of aromatic amines is 1. The molecule has 24 heavy (non-hydrogen) atoms. The molecule has 0 radical (unpaired) electrons. The van der Waals surface area contributed by atoms with Crippen LogP contribution in [-0.2, 0) is 9.53 Å². The molecule has 1 fully saturated rings. The molecule has 1 aliphatic rings. The second-order valence-corrected chi connectivity index (χ2v) is 6.38. The first-order valence-electron chi connectivity index (χ1n) is 8.69. The molecular formula is C19H24N2O3. The SMILES string of the molecule is CCC1CCCCN1C(=O)C(C)OC(=O)c1c[nH]c2ccccc12. The van der Waals surface area contributed by atoms with Crippen molar-refractivity contribution in [2.75, 3.05) is 6.54 Å². The maximum absolute atomic E-state index is 12.7. The van der Waals surface area contributed by atoms with Crippen LogP contribution >= 0.6 is 0 Å². The van der Waals surface area contributed by atoms with Gasteiger partial charge in [-0.1, -0.05) is 25.1 Å². The van der Waals surface area contributed by atoms with Gasteiger partial charge in [-0.2, -0.15) is 0 Å². The highest BCUT2D eigenvalue weighted by Gasteiger charge is 2.30. The van der Waals surface area contributed by atoms with E-state index in [4.69, 9.17) is 4.74 Å². The highest BCUT2D eigenvalue weighted by atomic mass is 16.5. The number of esters is 1. The molecule has 2 atom stereocenters. The second-order valence-electron chi connectivity index (χ2n) is 6.38. The standard InChI is InChI=1S/C19H24N2O3/c1-3-14-8-6-7-11-21(14)18(22)13(2)24-19(23)16-12-20-17-10-5-4-9-15(16)17/h4-5,9-10,12-14,20H,3,6-8,11H2,1-2H3. The number of carbonyl (C=O) groups excluding carboxylic acids is 2. The Morgan fingerprint density at radius 3 is 2.92 bits per heavy atom. The molecule has 0 spiro atoms. The maximum atomic E-state index is 12.7. The summed E-state index contributed by atoms with van der Waals surface area (Å²) in [6, 6.07) is 7.82. The fraction of sp³-hybridized carbons (Fsp3) is 0.474. The van der Waals surface area contributed by atoms with Gasteiger partial charge in [0.2, 0.25) is 0 Å². The number of ether oxygens (including phenoxy) is 1. The molecule has 1 N–H and O–H groups in total. The first-order chi connectivity index (χ1) is 11.6. The van der Waals surface area contributed by atoms with Crippen LogP contribution in [-0.4, -0.2) is 40.5 Å². The second kappa shape index (κ2) is 7.07. The molecule has 5 heteroatoms. The number of hydrogen-bond acceptors (Lipinski definition) is 3. The molecule has 1 aromatic heterocycles. The minimum atomic E-state index is -0.765. The van der Waals surface area contributed by atoms with Gasteiger partial charge in [0.15, 0.2) is 6.10 Å². The van der Waals surface area contributed by atoms with E-state index in [1.54, 1.807) is 13.1 Å². The zero-order valence-electron chi connectivity index (χ0n) is 14.2. The van der Waals surface area contributed by atoms with E-state index in [2.05, 4.69) is 11.9 Å². The molecule has 0 aliphatic carbocycles. The van der Waals surface area contributed by atoms with Gasteiger partial charge in [-0.15, -0.1) is 0 Å². The van der Waals surface area contributed by atoms with E-state index in [0.717, 1.165) is 43.1 Å². The van der Waals surface area contributed by atoms with Gasteiger partial charge in [0, 0.05) is 29.7 Å². The molecular weight excluding hydrogens is 304 g/mol. The Morgan fingerprint density at radius 1 is 1.33 bits per heavy atom. The summed E-state index contributed by atoms with van der Waals surface area (Å²) in [5, 5.41) is 0.812. The highest BCUT2D eigenvalue weighted by Crippen LogP contribution is 2.22. The van der Waals surface area contributed by atoms with Crippen molar-refractivity contribution in [1.82, 2.24) is 9.88 Å². The number of benzene rings is 1. The van der Waals surface area contributed by atoms with E-state index in [1.165, 1.54) is 0 Å². The Balaban J connectivity index is 1.70. The monoisotopic (exact) mass is 328 g/mol. The number of aromatic nitrogens is 1. The molecule has 1 saturated heterocycles. The summed E-state index contributed by atoms with van der Waals surface area (Å²) in [5.74, 6) is -0.548. The van der Waals surface area contributed by atoms with Gasteiger partial charge in [0.05, 0.1) is 5.56 Å². The number of carbonyl (C=O) groups is 2. The molecule has 0 saturated carbocycles. The van der Waals surface area contributed by atoms with Crippen molar-refractivity contribution >= 4 is 22.8 Å². The fourth-order valence-electron chi connectivity index (χ4n) is 3.46. The summed E-state index contributed by atoms with van der Waals surface area (Å²) < 4.78 is 5.46. The van der Waals surface area contributed by atoms with Crippen molar-refractivity contribution in [2.24, 2.45) is 0 Å². The summed E-state index contributed by atoms with van der Waals surface area (Å²) >= 11 is 0. The summed E-state index contributed by atoms with van der Waals surface area (Å²) in [6.45, 7) is 4.52. The van der Waals surface area contributed by atoms with E-state index in [-0.39, 0.29) is 11.9 Å². The number of hydrogen-bond donors (Lipinski definition) is 1. The zero-order chi connectivity index (χ0) is 17.1. The average molecular weight is 328 g/mol. The Bertz CT molecular complexity index is 737. The van der Waals surface area contributed by atoms with E-state index in [0.29, 0.717) is 5.56 Å². The number of piperidine rings is 1. The lowest BCUT2D eigenvalue weighted by atomic mass is 9.99. The summed E-state index contributed by atoms with van der Waals surface area (Å²) in [6.07, 6.45) is 5.02. The van der Waals surface area contributed by atoms with Crippen molar-refractivity contribution in [1.29, 1.82) is 0 Å². The van der Waals surface area contributed by atoms with E-state index in [1.807, 2.05) is 29.2 Å². The molecule has 2 heterocycles. The van der Waals surface area contributed by atoms with E-state index < -0.39 is 12.1 Å². The van der Waals surface area contributed by atoms with Gasteiger partial charge >= 0.3 is 5.97 Å². The minimum absolute atomic E-state index is 0.0882. The van der Waals surface area contributed by atoms with Gasteiger partial charge < -0.3 is 14.6 Å². The lowest BCUT2D eigenvalue weighted by molar-refractivity contribution is -0.143. The number of para-hydroxylation sites is 1. The number of amides is 1.